The van der Waals surface area contributed by atoms with E-state index in [1.165, 1.54) is 0 Å². The first-order valence-electron chi connectivity index (χ1n) is 6.26. The Balaban J connectivity index is 1.80. The lowest BCUT2D eigenvalue weighted by atomic mass is 10.1. The van der Waals surface area contributed by atoms with Crippen LogP contribution in [-0.4, -0.2) is 73.0 Å². The van der Waals surface area contributed by atoms with Crippen molar-refractivity contribution in [2.75, 3.05) is 46.3 Å². The molecule has 0 saturated carbocycles. The summed E-state index contributed by atoms with van der Waals surface area (Å²) in [6.07, 6.45) is 0. The number of rotatable bonds is 3. The van der Waals surface area contributed by atoms with Gasteiger partial charge in [-0.1, -0.05) is 13.8 Å². The SMILES string of the molecule is CC(C)CN1CCN(C2CN(C)C2)CC1=O. The van der Waals surface area contributed by atoms with Crippen molar-refractivity contribution in [3.63, 3.8) is 0 Å². The quantitative estimate of drug-likeness (QED) is 0.681. The zero-order chi connectivity index (χ0) is 11.7. The maximum absolute atomic E-state index is 11.9. The molecule has 2 heterocycles. The van der Waals surface area contributed by atoms with Crippen molar-refractivity contribution in [2.45, 2.75) is 19.9 Å². The lowest BCUT2D eigenvalue weighted by Gasteiger charge is -2.46. The number of likely N-dealkylation sites (tertiary alicyclic amines) is 1. The molecule has 0 spiro atoms. The number of hydrogen-bond acceptors (Lipinski definition) is 3. The summed E-state index contributed by atoms with van der Waals surface area (Å²) in [5, 5.41) is 0. The summed E-state index contributed by atoms with van der Waals surface area (Å²) < 4.78 is 0. The molecular formula is C12H23N3O. The van der Waals surface area contributed by atoms with Crippen molar-refractivity contribution >= 4 is 5.91 Å². The van der Waals surface area contributed by atoms with Gasteiger partial charge in [-0.15, -0.1) is 0 Å². The number of likely N-dealkylation sites (N-methyl/N-ethyl adjacent to an activating group) is 1. The Bertz CT molecular complexity index is 261. The predicted molar refractivity (Wildman–Crippen MR) is 64.3 cm³/mol. The van der Waals surface area contributed by atoms with Crippen LogP contribution < -0.4 is 0 Å². The summed E-state index contributed by atoms with van der Waals surface area (Å²) in [4.78, 5) is 18.6. The van der Waals surface area contributed by atoms with E-state index in [9.17, 15) is 4.79 Å². The molecular weight excluding hydrogens is 202 g/mol. The summed E-state index contributed by atoms with van der Waals surface area (Å²) in [6.45, 7) is 10.1. The van der Waals surface area contributed by atoms with Crippen LogP contribution in [0.25, 0.3) is 0 Å². The van der Waals surface area contributed by atoms with Crippen molar-refractivity contribution in [1.29, 1.82) is 0 Å². The normalized spacial score (nSPS) is 25.2. The van der Waals surface area contributed by atoms with Gasteiger partial charge in [0.05, 0.1) is 6.54 Å². The Labute approximate surface area is 98.2 Å². The van der Waals surface area contributed by atoms with E-state index in [2.05, 4.69) is 30.7 Å². The molecule has 0 aliphatic carbocycles. The number of hydrogen-bond donors (Lipinski definition) is 0. The van der Waals surface area contributed by atoms with Crippen LogP contribution >= 0.6 is 0 Å². The molecule has 0 unspecified atom stereocenters. The van der Waals surface area contributed by atoms with Gasteiger partial charge in [-0.2, -0.15) is 0 Å². The number of carbonyl (C=O) groups excluding carboxylic acids is 1. The summed E-state index contributed by atoms with van der Waals surface area (Å²) in [6, 6.07) is 0.621. The van der Waals surface area contributed by atoms with Crippen LogP contribution in [0.4, 0.5) is 0 Å². The molecule has 2 saturated heterocycles. The highest BCUT2D eigenvalue weighted by atomic mass is 16.2. The average molecular weight is 225 g/mol. The molecule has 0 atom stereocenters. The standard InChI is InChI=1S/C12H23N3O/c1-10(2)6-15-5-4-14(9-12(15)16)11-7-13(3)8-11/h10-11H,4-9H2,1-3H3. The van der Waals surface area contributed by atoms with Crippen molar-refractivity contribution in [2.24, 2.45) is 5.92 Å². The fraction of sp³-hybridized carbons (Fsp3) is 0.917. The van der Waals surface area contributed by atoms with E-state index in [-0.39, 0.29) is 0 Å². The van der Waals surface area contributed by atoms with E-state index in [0.717, 1.165) is 32.7 Å². The molecule has 16 heavy (non-hydrogen) atoms. The van der Waals surface area contributed by atoms with Gasteiger partial charge in [-0.3, -0.25) is 9.69 Å². The summed E-state index contributed by atoms with van der Waals surface area (Å²) in [5.74, 6) is 0.889. The van der Waals surface area contributed by atoms with Gasteiger partial charge >= 0.3 is 0 Å². The molecule has 92 valence electrons. The average Bonchev–Trinajstić information content (AvgIpc) is 2.16. The molecule has 0 aromatic heterocycles. The molecule has 4 heteroatoms. The van der Waals surface area contributed by atoms with Crippen LogP contribution in [0.15, 0.2) is 0 Å². The lowest BCUT2D eigenvalue weighted by molar-refractivity contribution is -0.139. The fourth-order valence-electron chi connectivity index (χ4n) is 2.57. The van der Waals surface area contributed by atoms with Crippen molar-refractivity contribution in [1.82, 2.24) is 14.7 Å². The molecule has 0 aromatic carbocycles. The molecule has 4 nitrogen and oxygen atoms in total. The van der Waals surface area contributed by atoms with Gasteiger partial charge in [-0.05, 0) is 13.0 Å². The molecule has 1 amide bonds. The third-order valence-corrected chi connectivity index (χ3v) is 3.49. The van der Waals surface area contributed by atoms with Crippen LogP contribution in [0.5, 0.6) is 0 Å². The van der Waals surface area contributed by atoms with Crippen molar-refractivity contribution < 1.29 is 4.79 Å². The predicted octanol–water partition coefficient (Wildman–Crippen LogP) is 0.101. The van der Waals surface area contributed by atoms with E-state index in [0.29, 0.717) is 24.4 Å². The molecule has 2 rings (SSSR count). The maximum atomic E-state index is 11.9. The monoisotopic (exact) mass is 225 g/mol. The smallest absolute Gasteiger partial charge is 0.236 e. The van der Waals surface area contributed by atoms with Gasteiger partial charge in [0.25, 0.3) is 0 Å². The molecule has 2 aliphatic rings. The molecule has 2 aliphatic heterocycles. The third kappa shape index (κ3) is 2.55. The summed E-state index contributed by atoms with van der Waals surface area (Å²) in [5.41, 5.74) is 0. The molecule has 0 N–H and O–H groups in total. The zero-order valence-electron chi connectivity index (χ0n) is 10.6. The second-order valence-corrected chi connectivity index (χ2v) is 5.58. The van der Waals surface area contributed by atoms with Gasteiger partial charge in [-0.25, -0.2) is 0 Å². The lowest BCUT2D eigenvalue weighted by Crippen LogP contribution is -2.63. The minimum absolute atomic E-state index is 0.314. The van der Waals surface area contributed by atoms with Crippen LogP contribution in [0.2, 0.25) is 0 Å². The third-order valence-electron chi connectivity index (χ3n) is 3.49. The Morgan fingerprint density at radius 1 is 1.31 bits per heavy atom. The van der Waals surface area contributed by atoms with Crippen LogP contribution in [0, 0.1) is 5.92 Å². The number of carbonyl (C=O) groups is 1. The maximum Gasteiger partial charge on any atom is 0.236 e. The second kappa shape index (κ2) is 4.72. The second-order valence-electron chi connectivity index (χ2n) is 5.58. The van der Waals surface area contributed by atoms with Crippen LogP contribution in [0.3, 0.4) is 0 Å². The number of piperazine rings is 1. The first kappa shape index (κ1) is 11.9. The Morgan fingerprint density at radius 3 is 2.50 bits per heavy atom. The van der Waals surface area contributed by atoms with Gasteiger partial charge in [0, 0.05) is 38.8 Å². The van der Waals surface area contributed by atoms with Crippen LogP contribution in [-0.2, 0) is 4.79 Å². The summed E-state index contributed by atoms with van der Waals surface area (Å²) in [7, 11) is 2.13. The van der Waals surface area contributed by atoms with Crippen molar-refractivity contribution in [3.8, 4) is 0 Å². The van der Waals surface area contributed by atoms with Gasteiger partial charge in [0.1, 0.15) is 0 Å². The summed E-state index contributed by atoms with van der Waals surface area (Å²) >= 11 is 0. The largest absolute Gasteiger partial charge is 0.340 e. The van der Waals surface area contributed by atoms with E-state index in [1.807, 2.05) is 4.90 Å². The van der Waals surface area contributed by atoms with Crippen LogP contribution in [0.1, 0.15) is 13.8 Å². The van der Waals surface area contributed by atoms with Gasteiger partial charge in [0.2, 0.25) is 5.91 Å². The fourth-order valence-corrected chi connectivity index (χ4v) is 2.57. The molecule has 2 fully saturated rings. The minimum Gasteiger partial charge on any atom is -0.340 e. The van der Waals surface area contributed by atoms with Crippen molar-refractivity contribution in [3.05, 3.63) is 0 Å². The Morgan fingerprint density at radius 2 is 2.00 bits per heavy atom. The highest BCUT2D eigenvalue weighted by Crippen LogP contribution is 2.16. The Hall–Kier alpha value is -0.610. The van der Waals surface area contributed by atoms with E-state index in [1.54, 1.807) is 0 Å². The molecule has 0 radical (unpaired) electrons. The zero-order valence-corrected chi connectivity index (χ0v) is 10.6. The number of nitrogens with zero attached hydrogens (tertiary/aromatic N) is 3. The highest BCUT2D eigenvalue weighted by Gasteiger charge is 2.34. The molecule has 0 bridgehead atoms. The van der Waals surface area contributed by atoms with E-state index < -0.39 is 0 Å². The number of amides is 1. The highest BCUT2D eigenvalue weighted by molar-refractivity contribution is 5.79. The first-order chi connectivity index (χ1) is 7.56. The Kier molecular flexibility index (Phi) is 3.50. The van der Waals surface area contributed by atoms with E-state index in [4.69, 9.17) is 0 Å². The minimum atomic E-state index is 0.314. The van der Waals surface area contributed by atoms with Gasteiger partial charge in [0.15, 0.2) is 0 Å². The van der Waals surface area contributed by atoms with E-state index >= 15 is 0 Å². The molecule has 0 aromatic rings. The van der Waals surface area contributed by atoms with Gasteiger partial charge < -0.3 is 9.80 Å². The topological polar surface area (TPSA) is 26.8 Å². The first-order valence-corrected chi connectivity index (χ1v) is 6.26.